The van der Waals surface area contributed by atoms with Gasteiger partial charge in [-0.2, -0.15) is 0 Å². The first-order valence-electron chi connectivity index (χ1n) is 11.1. The summed E-state index contributed by atoms with van der Waals surface area (Å²) in [6, 6.07) is 15.1. The third-order valence-electron chi connectivity index (χ3n) is 5.04. The monoisotopic (exact) mass is 406 g/mol. The third kappa shape index (κ3) is 8.74. The van der Waals surface area contributed by atoms with Gasteiger partial charge in [0.15, 0.2) is 0 Å². The SMILES string of the molecule is CCCCCCCOc1ccc(C#Cc2ccc(C(=O)OC[C@@H](C)CC)cc2)cc1. The third-order valence-corrected chi connectivity index (χ3v) is 5.04. The molecule has 3 nitrogen and oxygen atoms in total. The highest BCUT2D eigenvalue weighted by molar-refractivity contribution is 5.89. The summed E-state index contributed by atoms with van der Waals surface area (Å²) in [5.41, 5.74) is 2.35. The summed E-state index contributed by atoms with van der Waals surface area (Å²) in [6.07, 6.45) is 7.17. The molecule has 0 fully saturated rings. The maximum Gasteiger partial charge on any atom is 0.338 e. The maximum atomic E-state index is 12.1. The van der Waals surface area contributed by atoms with Gasteiger partial charge in [-0.15, -0.1) is 0 Å². The standard InChI is InChI=1S/C27H34O3/c1-4-6-7-8-9-20-29-26-18-14-24(15-19-26)11-10-23-12-16-25(17-13-23)27(28)30-21-22(3)5-2/h12-19,22H,4-9,20-21H2,1-3H3/t22-/m0/s1. The lowest BCUT2D eigenvalue weighted by Crippen LogP contribution is -2.11. The molecule has 0 aliphatic rings. The number of unbranched alkanes of at least 4 members (excludes halogenated alkanes) is 4. The fourth-order valence-electron chi connectivity index (χ4n) is 2.78. The summed E-state index contributed by atoms with van der Waals surface area (Å²) >= 11 is 0. The topological polar surface area (TPSA) is 35.5 Å². The van der Waals surface area contributed by atoms with E-state index in [0.29, 0.717) is 18.1 Å². The summed E-state index contributed by atoms with van der Waals surface area (Å²) in [6.45, 7) is 7.60. The molecule has 0 radical (unpaired) electrons. The molecule has 160 valence electrons. The van der Waals surface area contributed by atoms with E-state index in [2.05, 4.69) is 32.6 Å². The van der Waals surface area contributed by atoms with Crippen molar-refractivity contribution in [3.8, 4) is 17.6 Å². The number of hydrogen-bond acceptors (Lipinski definition) is 3. The van der Waals surface area contributed by atoms with Gasteiger partial charge in [0.2, 0.25) is 0 Å². The van der Waals surface area contributed by atoms with Crippen LogP contribution < -0.4 is 4.74 Å². The second kappa shape index (κ2) is 13.5. The van der Waals surface area contributed by atoms with Crippen LogP contribution in [-0.2, 0) is 4.74 Å². The van der Waals surface area contributed by atoms with Gasteiger partial charge in [-0.3, -0.25) is 0 Å². The lowest BCUT2D eigenvalue weighted by atomic mass is 10.1. The number of benzene rings is 2. The minimum atomic E-state index is -0.282. The zero-order chi connectivity index (χ0) is 21.6. The van der Waals surface area contributed by atoms with E-state index in [9.17, 15) is 4.79 Å². The first kappa shape index (κ1) is 23.5. The van der Waals surface area contributed by atoms with Crippen molar-refractivity contribution in [2.24, 2.45) is 5.92 Å². The smallest absolute Gasteiger partial charge is 0.338 e. The molecular weight excluding hydrogens is 372 g/mol. The number of carbonyl (C=O) groups is 1. The Morgan fingerprint density at radius 3 is 2.07 bits per heavy atom. The highest BCUT2D eigenvalue weighted by Crippen LogP contribution is 2.13. The molecule has 0 bridgehead atoms. The lowest BCUT2D eigenvalue weighted by Gasteiger charge is -2.09. The summed E-state index contributed by atoms with van der Waals surface area (Å²) in [7, 11) is 0. The summed E-state index contributed by atoms with van der Waals surface area (Å²) in [5, 5.41) is 0. The van der Waals surface area contributed by atoms with Crippen molar-refractivity contribution in [2.45, 2.75) is 59.3 Å². The van der Waals surface area contributed by atoms with E-state index in [1.807, 2.05) is 36.4 Å². The average Bonchev–Trinajstić information content (AvgIpc) is 2.79. The van der Waals surface area contributed by atoms with Gasteiger partial charge < -0.3 is 9.47 Å². The van der Waals surface area contributed by atoms with Crippen molar-refractivity contribution in [1.82, 2.24) is 0 Å². The maximum absolute atomic E-state index is 12.1. The molecule has 0 spiro atoms. The van der Waals surface area contributed by atoms with Crippen LogP contribution in [0.15, 0.2) is 48.5 Å². The fourth-order valence-corrected chi connectivity index (χ4v) is 2.78. The second-order valence-electron chi connectivity index (χ2n) is 7.73. The highest BCUT2D eigenvalue weighted by Gasteiger charge is 2.08. The molecule has 0 amide bonds. The van der Waals surface area contributed by atoms with Crippen LogP contribution in [0.5, 0.6) is 5.75 Å². The number of carbonyl (C=O) groups excluding carboxylic acids is 1. The van der Waals surface area contributed by atoms with Crippen molar-refractivity contribution in [2.75, 3.05) is 13.2 Å². The summed E-state index contributed by atoms with van der Waals surface area (Å²) in [5.74, 6) is 7.27. The van der Waals surface area contributed by atoms with Gasteiger partial charge in [0, 0.05) is 11.1 Å². The van der Waals surface area contributed by atoms with Crippen molar-refractivity contribution in [3.63, 3.8) is 0 Å². The molecule has 0 heterocycles. The molecule has 0 unspecified atom stereocenters. The predicted octanol–water partition coefficient (Wildman–Crippen LogP) is 6.64. The van der Waals surface area contributed by atoms with E-state index in [1.54, 1.807) is 12.1 Å². The van der Waals surface area contributed by atoms with Gasteiger partial charge in [-0.05, 0) is 60.9 Å². The van der Waals surface area contributed by atoms with Gasteiger partial charge in [0.25, 0.3) is 0 Å². The Morgan fingerprint density at radius 2 is 1.47 bits per heavy atom. The van der Waals surface area contributed by atoms with Crippen LogP contribution in [0.25, 0.3) is 0 Å². The number of hydrogen-bond donors (Lipinski definition) is 0. The zero-order valence-corrected chi connectivity index (χ0v) is 18.6. The Bertz CT molecular complexity index is 810. The molecule has 0 N–H and O–H groups in total. The predicted molar refractivity (Wildman–Crippen MR) is 123 cm³/mol. The number of rotatable bonds is 11. The average molecular weight is 407 g/mol. The molecule has 2 rings (SSSR count). The quantitative estimate of drug-likeness (QED) is 0.238. The Morgan fingerprint density at radius 1 is 0.867 bits per heavy atom. The second-order valence-corrected chi connectivity index (χ2v) is 7.73. The molecule has 0 saturated carbocycles. The minimum Gasteiger partial charge on any atom is -0.494 e. The first-order valence-corrected chi connectivity index (χ1v) is 11.1. The molecule has 1 atom stereocenters. The largest absolute Gasteiger partial charge is 0.494 e. The molecular formula is C27H34O3. The molecule has 0 aromatic heterocycles. The van der Waals surface area contributed by atoms with E-state index < -0.39 is 0 Å². The number of esters is 1. The summed E-state index contributed by atoms with van der Waals surface area (Å²) < 4.78 is 11.1. The zero-order valence-electron chi connectivity index (χ0n) is 18.6. The molecule has 0 aliphatic heterocycles. The highest BCUT2D eigenvalue weighted by atomic mass is 16.5. The van der Waals surface area contributed by atoms with Gasteiger partial charge in [0.05, 0.1) is 18.8 Å². The minimum absolute atomic E-state index is 0.282. The van der Waals surface area contributed by atoms with Gasteiger partial charge in [-0.1, -0.05) is 64.7 Å². The van der Waals surface area contributed by atoms with Crippen LogP contribution in [0.1, 0.15) is 80.8 Å². The van der Waals surface area contributed by atoms with Crippen LogP contribution >= 0.6 is 0 Å². The van der Waals surface area contributed by atoms with Crippen molar-refractivity contribution in [1.29, 1.82) is 0 Å². The van der Waals surface area contributed by atoms with E-state index in [1.165, 1.54) is 25.7 Å². The number of ether oxygens (including phenoxy) is 2. The van der Waals surface area contributed by atoms with Gasteiger partial charge >= 0.3 is 5.97 Å². The lowest BCUT2D eigenvalue weighted by molar-refractivity contribution is 0.0447. The van der Waals surface area contributed by atoms with Crippen LogP contribution in [0.2, 0.25) is 0 Å². The van der Waals surface area contributed by atoms with E-state index in [-0.39, 0.29) is 5.97 Å². The van der Waals surface area contributed by atoms with Crippen molar-refractivity contribution in [3.05, 3.63) is 65.2 Å². The molecule has 30 heavy (non-hydrogen) atoms. The van der Waals surface area contributed by atoms with Crippen LogP contribution in [0, 0.1) is 17.8 Å². The summed E-state index contributed by atoms with van der Waals surface area (Å²) in [4.78, 5) is 12.1. The molecule has 0 aliphatic carbocycles. The Hall–Kier alpha value is -2.73. The van der Waals surface area contributed by atoms with Crippen LogP contribution in [0.4, 0.5) is 0 Å². The van der Waals surface area contributed by atoms with E-state index in [4.69, 9.17) is 9.47 Å². The molecule has 2 aromatic rings. The first-order chi connectivity index (χ1) is 14.6. The fraction of sp³-hybridized carbons (Fsp3) is 0.444. The van der Waals surface area contributed by atoms with Crippen molar-refractivity contribution < 1.29 is 14.3 Å². The van der Waals surface area contributed by atoms with Crippen LogP contribution in [-0.4, -0.2) is 19.2 Å². The molecule has 0 saturated heterocycles. The Balaban J connectivity index is 1.81. The van der Waals surface area contributed by atoms with Gasteiger partial charge in [0.1, 0.15) is 5.75 Å². The van der Waals surface area contributed by atoms with E-state index >= 15 is 0 Å². The van der Waals surface area contributed by atoms with E-state index in [0.717, 1.165) is 36.3 Å². The van der Waals surface area contributed by atoms with Crippen molar-refractivity contribution >= 4 is 5.97 Å². The molecule has 3 heteroatoms. The molecule has 2 aromatic carbocycles. The normalized spacial score (nSPS) is 11.3. The Kier molecular flexibility index (Phi) is 10.6. The Labute approximate surface area is 181 Å². The van der Waals surface area contributed by atoms with Crippen LogP contribution in [0.3, 0.4) is 0 Å². The van der Waals surface area contributed by atoms with Gasteiger partial charge in [-0.25, -0.2) is 4.79 Å².